The van der Waals surface area contributed by atoms with E-state index in [-0.39, 0.29) is 6.61 Å². The van der Waals surface area contributed by atoms with Crippen LogP contribution >= 0.6 is 0 Å². The van der Waals surface area contributed by atoms with E-state index in [1.54, 1.807) is 32.4 Å². The van der Waals surface area contributed by atoms with E-state index in [1.165, 1.54) is 0 Å². The molecule has 160 valence electrons. The predicted octanol–water partition coefficient (Wildman–Crippen LogP) is 4.92. The van der Waals surface area contributed by atoms with Crippen molar-refractivity contribution >= 4 is 18.1 Å². The molecule has 3 rings (SSSR count). The lowest BCUT2D eigenvalue weighted by Gasteiger charge is -2.11. The Bertz CT molecular complexity index is 1040. The number of hydrogen-bond donors (Lipinski definition) is 1. The number of ether oxygens (including phenoxy) is 4. The van der Waals surface area contributed by atoms with E-state index >= 15 is 0 Å². The van der Waals surface area contributed by atoms with Crippen LogP contribution in [0.1, 0.15) is 16.7 Å². The van der Waals surface area contributed by atoms with Crippen LogP contribution in [-0.2, 0) is 11.4 Å². The number of carboxylic acids is 1. The summed E-state index contributed by atoms with van der Waals surface area (Å²) in [5, 5.41) is 8.74. The summed E-state index contributed by atoms with van der Waals surface area (Å²) >= 11 is 0. The molecule has 3 aromatic rings. The third-order valence-electron chi connectivity index (χ3n) is 4.39. The van der Waals surface area contributed by atoms with E-state index < -0.39 is 5.97 Å². The van der Waals surface area contributed by atoms with Crippen molar-refractivity contribution in [2.45, 2.75) is 6.61 Å². The van der Waals surface area contributed by atoms with E-state index in [4.69, 9.17) is 24.1 Å². The minimum Gasteiger partial charge on any atom is -0.497 e. The van der Waals surface area contributed by atoms with Crippen molar-refractivity contribution < 1.29 is 28.8 Å². The second kappa shape index (κ2) is 10.7. The van der Waals surface area contributed by atoms with Crippen LogP contribution in [0.3, 0.4) is 0 Å². The van der Waals surface area contributed by atoms with Crippen LogP contribution in [0, 0.1) is 0 Å². The average Bonchev–Trinajstić information content (AvgIpc) is 2.80. The van der Waals surface area contributed by atoms with Gasteiger partial charge in [0, 0.05) is 6.07 Å². The Kier molecular flexibility index (Phi) is 7.54. The highest BCUT2D eigenvalue weighted by Gasteiger charge is 2.04. The molecule has 6 nitrogen and oxygen atoms in total. The monoisotopic (exact) mass is 420 g/mol. The van der Waals surface area contributed by atoms with Crippen LogP contribution in [0.2, 0.25) is 0 Å². The summed E-state index contributed by atoms with van der Waals surface area (Å²) < 4.78 is 21.7. The Morgan fingerprint density at radius 1 is 0.774 bits per heavy atom. The van der Waals surface area contributed by atoms with Crippen molar-refractivity contribution in [2.75, 3.05) is 20.8 Å². The van der Waals surface area contributed by atoms with Gasteiger partial charge in [0.1, 0.15) is 29.6 Å². The second-order valence-electron chi connectivity index (χ2n) is 6.67. The molecule has 0 saturated carbocycles. The van der Waals surface area contributed by atoms with Crippen LogP contribution in [0.15, 0.2) is 66.7 Å². The summed E-state index contributed by atoms with van der Waals surface area (Å²) in [6.07, 6.45) is 3.98. The lowest BCUT2D eigenvalue weighted by molar-refractivity contribution is -0.139. The van der Waals surface area contributed by atoms with Gasteiger partial charge < -0.3 is 24.1 Å². The fourth-order valence-electron chi connectivity index (χ4n) is 2.84. The Morgan fingerprint density at radius 2 is 1.48 bits per heavy atom. The van der Waals surface area contributed by atoms with Crippen molar-refractivity contribution in [2.24, 2.45) is 0 Å². The maximum absolute atomic E-state index is 10.7. The Morgan fingerprint density at radius 3 is 2.19 bits per heavy atom. The van der Waals surface area contributed by atoms with Gasteiger partial charge in [0.25, 0.3) is 0 Å². The topological polar surface area (TPSA) is 74.2 Å². The molecule has 0 saturated heterocycles. The molecule has 0 atom stereocenters. The standard InChI is InChI=1S/C25H24O6/c1-28-21-10-8-18(9-11-21)6-7-19-12-23(29-2)15-24(13-19)30-16-20-4-3-5-22(14-20)31-17-25(26)27/h3-15H,16-17H2,1-2H3,(H,26,27)/b7-6+. The van der Waals surface area contributed by atoms with Gasteiger partial charge in [-0.05, 0) is 53.1 Å². The van der Waals surface area contributed by atoms with E-state index in [2.05, 4.69) is 0 Å². The highest BCUT2D eigenvalue weighted by atomic mass is 16.5. The van der Waals surface area contributed by atoms with Crippen LogP contribution in [0.5, 0.6) is 23.0 Å². The molecule has 0 spiro atoms. The second-order valence-corrected chi connectivity index (χ2v) is 6.67. The van der Waals surface area contributed by atoms with E-state index in [0.29, 0.717) is 23.9 Å². The molecule has 0 aliphatic rings. The molecule has 0 heterocycles. The first-order chi connectivity index (χ1) is 15.1. The van der Waals surface area contributed by atoms with E-state index in [0.717, 1.165) is 22.4 Å². The fraction of sp³-hybridized carbons (Fsp3) is 0.160. The van der Waals surface area contributed by atoms with Crippen molar-refractivity contribution in [1.82, 2.24) is 0 Å². The van der Waals surface area contributed by atoms with E-state index in [9.17, 15) is 4.79 Å². The number of rotatable bonds is 10. The summed E-state index contributed by atoms with van der Waals surface area (Å²) in [6.45, 7) is -0.0802. The normalized spacial score (nSPS) is 10.6. The molecule has 31 heavy (non-hydrogen) atoms. The largest absolute Gasteiger partial charge is 0.497 e. The van der Waals surface area contributed by atoms with Gasteiger partial charge in [-0.2, -0.15) is 0 Å². The Balaban J connectivity index is 1.69. The minimum atomic E-state index is -1.02. The van der Waals surface area contributed by atoms with Gasteiger partial charge in [0.2, 0.25) is 0 Å². The zero-order chi connectivity index (χ0) is 22.1. The molecular weight excluding hydrogens is 396 g/mol. The molecule has 0 radical (unpaired) electrons. The maximum atomic E-state index is 10.7. The molecule has 0 aliphatic heterocycles. The zero-order valence-corrected chi connectivity index (χ0v) is 17.4. The van der Waals surface area contributed by atoms with E-state index in [1.807, 2.05) is 60.7 Å². The first-order valence-electron chi connectivity index (χ1n) is 9.63. The molecule has 6 heteroatoms. The van der Waals surface area contributed by atoms with Crippen LogP contribution in [0.4, 0.5) is 0 Å². The molecule has 3 aromatic carbocycles. The number of benzene rings is 3. The van der Waals surface area contributed by atoms with Crippen LogP contribution in [0.25, 0.3) is 12.2 Å². The molecular formula is C25H24O6. The number of carboxylic acid groups (broad SMARTS) is 1. The molecule has 0 amide bonds. The quantitative estimate of drug-likeness (QED) is 0.470. The summed E-state index contributed by atoms with van der Waals surface area (Å²) in [4.78, 5) is 10.7. The first kappa shape index (κ1) is 21.8. The fourth-order valence-corrected chi connectivity index (χ4v) is 2.84. The highest BCUT2D eigenvalue weighted by molar-refractivity contribution is 5.71. The van der Waals surface area contributed by atoms with Crippen molar-refractivity contribution in [3.8, 4) is 23.0 Å². The van der Waals surface area contributed by atoms with Gasteiger partial charge in [-0.3, -0.25) is 0 Å². The number of aliphatic carboxylic acids is 1. The van der Waals surface area contributed by atoms with Crippen molar-refractivity contribution in [3.05, 3.63) is 83.4 Å². The number of hydrogen-bond acceptors (Lipinski definition) is 5. The van der Waals surface area contributed by atoms with Crippen LogP contribution < -0.4 is 18.9 Å². The molecule has 0 aliphatic carbocycles. The summed E-state index contributed by atoms with van der Waals surface area (Å²) in [5.41, 5.74) is 2.84. The van der Waals surface area contributed by atoms with Gasteiger partial charge in [0.15, 0.2) is 6.61 Å². The van der Waals surface area contributed by atoms with Gasteiger partial charge in [-0.25, -0.2) is 4.79 Å². The minimum absolute atomic E-state index is 0.305. The average molecular weight is 420 g/mol. The molecule has 1 N–H and O–H groups in total. The number of carbonyl (C=O) groups is 1. The summed E-state index contributed by atoms with van der Waals surface area (Å²) in [6, 6.07) is 20.6. The highest BCUT2D eigenvalue weighted by Crippen LogP contribution is 2.26. The van der Waals surface area contributed by atoms with Gasteiger partial charge in [-0.15, -0.1) is 0 Å². The van der Waals surface area contributed by atoms with Gasteiger partial charge in [0.05, 0.1) is 14.2 Å². The molecule has 0 bridgehead atoms. The maximum Gasteiger partial charge on any atom is 0.341 e. The predicted molar refractivity (Wildman–Crippen MR) is 119 cm³/mol. The van der Waals surface area contributed by atoms with Crippen molar-refractivity contribution in [3.63, 3.8) is 0 Å². The van der Waals surface area contributed by atoms with Gasteiger partial charge in [-0.1, -0.05) is 36.4 Å². The smallest absolute Gasteiger partial charge is 0.341 e. The van der Waals surface area contributed by atoms with Crippen LogP contribution in [-0.4, -0.2) is 31.9 Å². The SMILES string of the molecule is COc1ccc(/C=C/c2cc(OC)cc(OCc3cccc(OCC(=O)O)c3)c2)cc1. The zero-order valence-electron chi connectivity index (χ0n) is 17.4. The Labute approximate surface area is 181 Å². The number of methoxy groups -OCH3 is 2. The third kappa shape index (κ3) is 6.82. The first-order valence-corrected chi connectivity index (χ1v) is 9.63. The lowest BCUT2D eigenvalue weighted by Crippen LogP contribution is -2.09. The molecule has 0 aromatic heterocycles. The summed E-state index contributed by atoms with van der Waals surface area (Å²) in [7, 11) is 3.25. The summed E-state index contributed by atoms with van der Waals surface area (Å²) in [5.74, 6) is 1.62. The Hall–Kier alpha value is -3.93. The molecule has 0 fully saturated rings. The molecule has 0 unspecified atom stereocenters. The van der Waals surface area contributed by atoms with Crippen molar-refractivity contribution in [1.29, 1.82) is 0 Å². The third-order valence-corrected chi connectivity index (χ3v) is 4.39. The lowest BCUT2D eigenvalue weighted by atomic mass is 10.1. The van der Waals surface area contributed by atoms with Gasteiger partial charge >= 0.3 is 5.97 Å².